The lowest BCUT2D eigenvalue weighted by Gasteiger charge is -2.22. The average Bonchev–Trinajstić information content (AvgIpc) is 0.765. The van der Waals surface area contributed by atoms with E-state index in [9.17, 15) is 0 Å². The molecule has 0 aliphatic heterocycles. The summed E-state index contributed by atoms with van der Waals surface area (Å²) in [5.41, 5.74) is 7.23. The first-order valence-corrected chi connectivity index (χ1v) is 41.1. The van der Waals surface area contributed by atoms with Crippen molar-refractivity contribution in [2.75, 3.05) is 122 Å². The van der Waals surface area contributed by atoms with E-state index in [1.54, 1.807) is 124 Å². The molecule has 9 aromatic rings. The van der Waals surface area contributed by atoms with Crippen LogP contribution in [0, 0.1) is 111 Å². The lowest BCUT2D eigenvalue weighted by atomic mass is 10.1. The molecule has 0 amide bonds. The minimum atomic E-state index is -2.86. The Morgan fingerprint density at radius 2 is 0.389 bits per heavy atom. The van der Waals surface area contributed by atoms with Crippen molar-refractivity contribution in [3.8, 4) is 111 Å². The van der Waals surface area contributed by atoms with Gasteiger partial charge in [-0.3, -0.25) is 44.1 Å². The summed E-state index contributed by atoms with van der Waals surface area (Å²) in [4.78, 5) is 11.2. The van der Waals surface area contributed by atoms with E-state index in [2.05, 4.69) is 35.5 Å². The molecule has 0 aliphatic carbocycles. The molecule has 0 aliphatic rings. The van der Waals surface area contributed by atoms with Gasteiger partial charge in [-0.1, -0.05) is 326 Å². The van der Waals surface area contributed by atoms with E-state index in [0.717, 1.165) is 37.8 Å². The summed E-state index contributed by atoms with van der Waals surface area (Å²) in [5.74, 6) is 20.0. The largest absolute Gasteiger partial charge is 0.292 e. The Balaban J connectivity index is 0.000000896. The molecule has 9 heteroatoms. The van der Waals surface area contributed by atoms with E-state index in [0.29, 0.717) is 60.4 Å². The van der Waals surface area contributed by atoms with Crippen molar-refractivity contribution in [1.29, 1.82) is 0 Å². The van der Waals surface area contributed by atoms with Crippen molar-refractivity contribution < 1.29 is 45.2 Å². The molecule has 9 atom stereocenters. The maximum Gasteiger partial charge on any atom is 0.0598 e. The summed E-state index contributed by atoms with van der Waals surface area (Å²) < 4.78 is 255. The van der Waals surface area contributed by atoms with Crippen LogP contribution < -0.4 is 0 Å². The predicted molar refractivity (Wildman–Crippen MR) is 550 cm³/mol. The topological polar surface area (TPSA) is 29.2 Å². The highest BCUT2D eigenvalue weighted by Crippen LogP contribution is 2.15. The summed E-state index contributed by atoms with van der Waals surface area (Å²) in [7, 11) is 6.93. The summed E-state index contributed by atoms with van der Waals surface area (Å²) in [6.07, 6.45) is 42.5. The van der Waals surface area contributed by atoms with Crippen LogP contribution in [0.5, 0.6) is 0 Å². The van der Waals surface area contributed by atoms with Crippen molar-refractivity contribution in [3.63, 3.8) is 0 Å². The van der Waals surface area contributed by atoms with Crippen LogP contribution in [0.15, 0.2) is 273 Å². The lowest BCUT2D eigenvalue weighted by molar-refractivity contribution is 0.287. The summed E-state index contributed by atoms with van der Waals surface area (Å²) >= 11 is 0. The van der Waals surface area contributed by atoms with Crippen LogP contribution >= 0.6 is 0 Å². The van der Waals surface area contributed by atoms with Gasteiger partial charge in [-0.25, -0.2) is 0 Å². The molecular formula is C117H153N9. The second-order valence-corrected chi connectivity index (χ2v) is 28.8. The highest BCUT2D eigenvalue weighted by Gasteiger charge is 2.15. The van der Waals surface area contributed by atoms with Gasteiger partial charge in [0.1, 0.15) is 0 Å². The standard InChI is InChI=1S/9C13H17N/c9*1-4-10-14(3)12(2)11-13-8-6-5-7-9-13/h9*1,5-9,12H,10-11H2,2-3H3/t9*12-/m111111111/s1/i3D3,10D2,11D2;10D2,11D2;3D3,12D;3D3,11D2;3D3,10D2;12D;11D2;10D2;3D3. The molecule has 0 bridgehead atoms. The Morgan fingerprint density at radius 1 is 0.214 bits per heavy atom. The maximum absolute atomic E-state index is 8.25. The quantitative estimate of drug-likeness (QED) is 0.0356. The molecular weight excluding hydrogens is 1530 g/mol. The van der Waals surface area contributed by atoms with E-state index < -0.39 is 123 Å². The van der Waals surface area contributed by atoms with Crippen LogP contribution in [0.3, 0.4) is 0 Å². The molecule has 666 valence electrons. The summed E-state index contributed by atoms with van der Waals surface area (Å²) in [5, 5.41) is 0. The molecule has 0 radical (unpaired) electrons. The number of hydrogen-bond donors (Lipinski definition) is 0. The van der Waals surface area contributed by atoms with Crippen molar-refractivity contribution in [1.82, 2.24) is 44.1 Å². The van der Waals surface area contributed by atoms with Crippen molar-refractivity contribution >= 4 is 0 Å². The number of benzene rings is 9. The van der Waals surface area contributed by atoms with Gasteiger partial charge in [0.2, 0.25) is 0 Å². The molecule has 0 fully saturated rings. The monoisotopic (exact) mass is 1720 g/mol. The molecule has 9 nitrogen and oxygen atoms in total. The Labute approximate surface area is 816 Å². The van der Waals surface area contributed by atoms with Crippen molar-refractivity contribution in [3.05, 3.63) is 323 Å². The lowest BCUT2D eigenvalue weighted by Crippen LogP contribution is -2.31. The van der Waals surface area contributed by atoms with Crippen LogP contribution in [-0.2, 0) is 57.6 Å². The van der Waals surface area contributed by atoms with Gasteiger partial charge >= 0.3 is 0 Å². The van der Waals surface area contributed by atoms with Gasteiger partial charge in [-0.05, 0) is 233 Å². The summed E-state index contributed by atoms with van der Waals surface area (Å²) in [6.45, 7) is -4.69. The van der Waals surface area contributed by atoms with Crippen molar-refractivity contribution in [2.45, 2.75) is 174 Å². The number of nitrogens with zero attached hydrogens (tertiary/aromatic N) is 9. The Hall–Kier alpha value is -11.3. The average molecular weight is 1720 g/mol. The number of likely N-dealkylation sites (N-methyl/N-ethyl adjacent to an activating group) is 9. The first-order chi connectivity index (χ1) is 73.3. The highest BCUT2D eigenvalue weighted by molar-refractivity contribution is 5.23. The van der Waals surface area contributed by atoms with Crippen LogP contribution in [0.1, 0.15) is 158 Å². The zero-order valence-corrected chi connectivity index (χ0v) is 75.8. The van der Waals surface area contributed by atoms with E-state index >= 15 is 0 Å². The molecule has 0 aromatic heterocycles. The van der Waals surface area contributed by atoms with E-state index in [4.69, 9.17) is 103 Å². The first kappa shape index (κ1) is 67.9. The van der Waals surface area contributed by atoms with E-state index in [-0.39, 0.29) is 43.3 Å². The van der Waals surface area contributed by atoms with Gasteiger partial charge in [0, 0.05) is 88.6 Å². The fourth-order valence-electron chi connectivity index (χ4n) is 10.7. The molecule has 9 aromatic carbocycles. The molecule has 0 spiro atoms. The van der Waals surface area contributed by atoms with Gasteiger partial charge in [0.25, 0.3) is 0 Å². The normalized spacial score (nSPS) is 18.2. The zero-order valence-electron chi connectivity index (χ0n) is 109. The Kier molecular flexibility index (Phi) is 38.8. The van der Waals surface area contributed by atoms with E-state index in [1.165, 1.54) is 54.0 Å². The van der Waals surface area contributed by atoms with Crippen LogP contribution in [-0.4, -0.2) is 220 Å². The third-order valence-corrected chi connectivity index (χ3v) is 18.5. The Bertz CT molecular complexity index is 6060. The van der Waals surface area contributed by atoms with Crippen LogP contribution in [0.25, 0.3) is 0 Å². The second kappa shape index (κ2) is 71.9. The fraction of sp³-hybridized carbons (Fsp3) is 0.385. The zero-order chi connectivity index (χ0) is 122. The first-order valence-electron chi connectivity index (χ1n) is 57.6. The summed E-state index contributed by atoms with van der Waals surface area (Å²) in [6, 6.07) is 77.4. The van der Waals surface area contributed by atoms with Gasteiger partial charge < -0.3 is 0 Å². The Morgan fingerprint density at radius 3 is 0.659 bits per heavy atom. The van der Waals surface area contributed by atoms with Crippen LogP contribution in [0.4, 0.5) is 0 Å². The fourth-order valence-corrected chi connectivity index (χ4v) is 10.7. The number of hydrogen-bond acceptors (Lipinski definition) is 9. The maximum atomic E-state index is 8.25. The molecule has 0 saturated heterocycles. The predicted octanol–water partition coefficient (Wildman–Crippen LogP) is 19.6. The molecule has 0 heterocycles. The molecule has 0 N–H and O–H groups in total. The molecule has 126 heavy (non-hydrogen) atoms. The second-order valence-electron chi connectivity index (χ2n) is 28.8. The van der Waals surface area contributed by atoms with Gasteiger partial charge in [-0.15, -0.1) is 57.8 Å². The van der Waals surface area contributed by atoms with Crippen molar-refractivity contribution in [2.24, 2.45) is 0 Å². The van der Waals surface area contributed by atoms with Gasteiger partial charge in [0.15, 0.2) is 0 Å². The third-order valence-electron chi connectivity index (χ3n) is 18.5. The molecule has 0 saturated carbocycles. The highest BCUT2D eigenvalue weighted by atomic mass is 15.1. The molecule has 0 unspecified atom stereocenters. The SMILES string of the molecule is [2H]C([2H])(C#C)N(C)[C@H](C)Cc1ccccc1.[2H]C([2H])([2H])N(CC#C)[C@H](C)Cc1ccccc1.[2H]C([2H])([2H])N(CC#C)[C@]([2H])(C)Cc1ccccc1.[2H]C([2H])([2H])N([C@H](C)Cc1ccccc1)C([2H])([2H])C#C.[2H]C([2H])(c1ccccc1)[C@@H](C)N(C([2H])([2H])[2H])C([2H])([2H])C#C.[2H]C([2H])(c1ccccc1)[C@@H](C)N(C)C([2H])([2H])C#C.[2H]C([2H])(c1ccccc1)[C@@H](C)N(C)CC#C.[2H]C([2H])(c1ccccc1)[C@@H](C)N(CC#C)C([2H])([2H])[2H].[2H][C@@](C)(Cc1ccccc1)N(C)CC#C. The number of terminal acetylenes is 9. The number of rotatable bonds is 36. The minimum Gasteiger partial charge on any atom is -0.292 e. The molecule has 9 rings (SSSR count). The third kappa shape index (κ3) is 55.1. The smallest absolute Gasteiger partial charge is 0.0598 e. The van der Waals surface area contributed by atoms with Gasteiger partial charge in [0.05, 0.1) is 69.7 Å². The van der Waals surface area contributed by atoms with E-state index in [1.807, 2.05) is 239 Å². The van der Waals surface area contributed by atoms with Gasteiger partial charge in [-0.2, -0.15) is 0 Å². The minimum absolute atomic E-state index is 0.0634. The van der Waals surface area contributed by atoms with Crippen LogP contribution in [0.2, 0.25) is 0 Å².